The van der Waals surface area contributed by atoms with Gasteiger partial charge >= 0.3 is 0 Å². The summed E-state index contributed by atoms with van der Waals surface area (Å²) in [6.45, 7) is 5.92. The third-order valence-corrected chi connectivity index (χ3v) is 4.85. The Labute approximate surface area is 134 Å². The Morgan fingerprint density at radius 2 is 1.77 bits per heavy atom. The zero-order valence-corrected chi connectivity index (χ0v) is 13.5. The van der Waals surface area contributed by atoms with E-state index in [1.165, 1.54) is 24.8 Å². The van der Waals surface area contributed by atoms with Crippen LogP contribution in [0, 0.1) is 0 Å². The lowest BCUT2D eigenvalue weighted by Gasteiger charge is -2.33. The van der Waals surface area contributed by atoms with Gasteiger partial charge in [-0.1, -0.05) is 48.9 Å². The number of rotatable bonds is 5. The number of β-amino-alcohol motifs (C(OH)–C–C–N with tert-alkyl or cyclic N) is 1. The molecule has 0 unspecified atom stereocenters. The first-order valence-electron chi connectivity index (χ1n) is 8.62. The molecule has 0 radical (unpaired) electrons. The normalized spacial score (nSPS) is 27.7. The van der Waals surface area contributed by atoms with Crippen LogP contribution in [0.2, 0.25) is 0 Å². The van der Waals surface area contributed by atoms with Gasteiger partial charge in [0.1, 0.15) is 0 Å². The molecule has 0 saturated carbocycles. The zero-order valence-electron chi connectivity index (χ0n) is 13.5. The number of hydrogen-bond donors (Lipinski definition) is 1. The standard InChI is InChI=1S/C19H28N2O/c22-19(16-20-12-5-2-6-13-20)11-15-21(17-19)14-7-10-18-8-3-1-4-9-18/h1,3-4,7-10,22H,2,5-6,11-17H2/b10-7+/t19-/m0/s1. The molecular formula is C19H28N2O. The molecule has 3 rings (SSSR count). The molecule has 2 heterocycles. The van der Waals surface area contributed by atoms with Crippen LogP contribution in [-0.2, 0) is 0 Å². The first-order chi connectivity index (χ1) is 10.7. The number of aliphatic hydroxyl groups is 1. The quantitative estimate of drug-likeness (QED) is 0.905. The van der Waals surface area contributed by atoms with Crippen molar-refractivity contribution in [2.45, 2.75) is 31.3 Å². The highest BCUT2D eigenvalue weighted by Crippen LogP contribution is 2.24. The lowest BCUT2D eigenvalue weighted by Crippen LogP contribution is -2.46. The van der Waals surface area contributed by atoms with Crippen molar-refractivity contribution in [2.75, 3.05) is 39.3 Å². The lowest BCUT2D eigenvalue weighted by molar-refractivity contribution is 0.00771. The maximum absolute atomic E-state index is 10.8. The van der Waals surface area contributed by atoms with Crippen molar-refractivity contribution in [1.82, 2.24) is 9.80 Å². The van der Waals surface area contributed by atoms with Crippen molar-refractivity contribution in [3.05, 3.63) is 42.0 Å². The van der Waals surface area contributed by atoms with Crippen LogP contribution in [0.1, 0.15) is 31.2 Å². The topological polar surface area (TPSA) is 26.7 Å². The summed E-state index contributed by atoms with van der Waals surface area (Å²) in [5.74, 6) is 0. The predicted molar refractivity (Wildman–Crippen MR) is 91.8 cm³/mol. The number of piperidine rings is 1. The van der Waals surface area contributed by atoms with Gasteiger partial charge in [0.25, 0.3) is 0 Å². The SMILES string of the molecule is O[C@]1(CN2CCCCC2)CCN(C/C=C/c2ccccc2)C1. The predicted octanol–water partition coefficient (Wildman–Crippen LogP) is 2.62. The van der Waals surface area contributed by atoms with Crippen LogP contribution >= 0.6 is 0 Å². The van der Waals surface area contributed by atoms with Crippen molar-refractivity contribution < 1.29 is 5.11 Å². The lowest BCUT2D eigenvalue weighted by atomic mass is 10.0. The zero-order chi connectivity index (χ0) is 15.3. The first-order valence-corrected chi connectivity index (χ1v) is 8.62. The van der Waals surface area contributed by atoms with Gasteiger partial charge in [0, 0.05) is 26.2 Å². The van der Waals surface area contributed by atoms with Gasteiger partial charge in [0.2, 0.25) is 0 Å². The van der Waals surface area contributed by atoms with Gasteiger partial charge in [-0.25, -0.2) is 0 Å². The van der Waals surface area contributed by atoms with Crippen molar-refractivity contribution in [3.8, 4) is 0 Å². The summed E-state index contributed by atoms with van der Waals surface area (Å²) in [4.78, 5) is 4.82. The number of likely N-dealkylation sites (tertiary alicyclic amines) is 2. The molecule has 120 valence electrons. The maximum atomic E-state index is 10.8. The molecule has 2 aliphatic rings. The molecule has 0 amide bonds. The minimum atomic E-state index is -0.502. The fourth-order valence-corrected chi connectivity index (χ4v) is 3.66. The van der Waals surface area contributed by atoms with Crippen LogP contribution in [0.3, 0.4) is 0 Å². The highest BCUT2D eigenvalue weighted by Gasteiger charge is 2.37. The Hall–Kier alpha value is -1.16. The summed E-state index contributed by atoms with van der Waals surface area (Å²) >= 11 is 0. The second-order valence-corrected chi connectivity index (χ2v) is 6.86. The van der Waals surface area contributed by atoms with Crippen LogP contribution < -0.4 is 0 Å². The summed E-state index contributed by atoms with van der Waals surface area (Å²) in [7, 11) is 0. The van der Waals surface area contributed by atoms with E-state index < -0.39 is 5.60 Å². The molecule has 0 bridgehead atoms. The smallest absolute Gasteiger partial charge is 0.0912 e. The van der Waals surface area contributed by atoms with E-state index in [0.29, 0.717) is 0 Å². The van der Waals surface area contributed by atoms with Gasteiger partial charge in [-0.15, -0.1) is 0 Å². The molecule has 0 aromatic heterocycles. The molecule has 22 heavy (non-hydrogen) atoms. The minimum absolute atomic E-state index is 0.502. The summed E-state index contributed by atoms with van der Waals surface area (Å²) in [5, 5.41) is 10.8. The van der Waals surface area contributed by atoms with Gasteiger partial charge in [0.05, 0.1) is 5.60 Å². The van der Waals surface area contributed by atoms with E-state index in [9.17, 15) is 5.11 Å². The first kappa shape index (κ1) is 15.7. The highest BCUT2D eigenvalue weighted by atomic mass is 16.3. The highest BCUT2D eigenvalue weighted by molar-refractivity contribution is 5.48. The van der Waals surface area contributed by atoms with E-state index in [2.05, 4.69) is 46.2 Å². The van der Waals surface area contributed by atoms with Gasteiger partial charge < -0.3 is 10.0 Å². The Kier molecular flexibility index (Phi) is 5.29. The molecular weight excluding hydrogens is 272 g/mol. The van der Waals surface area contributed by atoms with Gasteiger partial charge in [-0.3, -0.25) is 4.90 Å². The molecule has 3 heteroatoms. The molecule has 1 aromatic rings. The molecule has 1 aromatic carbocycles. The molecule has 3 nitrogen and oxygen atoms in total. The fraction of sp³-hybridized carbons (Fsp3) is 0.579. The van der Waals surface area contributed by atoms with Crippen LogP contribution in [0.4, 0.5) is 0 Å². The Bertz CT molecular complexity index is 481. The molecule has 2 saturated heterocycles. The Morgan fingerprint density at radius 1 is 1.00 bits per heavy atom. The van der Waals surface area contributed by atoms with Crippen molar-refractivity contribution in [2.24, 2.45) is 0 Å². The second kappa shape index (κ2) is 7.40. The summed E-state index contributed by atoms with van der Waals surface area (Å²) in [6, 6.07) is 10.4. The summed E-state index contributed by atoms with van der Waals surface area (Å²) in [5.41, 5.74) is 0.739. The number of nitrogens with zero attached hydrogens (tertiary/aromatic N) is 2. The average molecular weight is 300 g/mol. The largest absolute Gasteiger partial charge is 0.387 e. The van der Waals surface area contributed by atoms with Crippen LogP contribution in [0.5, 0.6) is 0 Å². The summed E-state index contributed by atoms with van der Waals surface area (Å²) in [6.07, 6.45) is 9.22. The van der Waals surface area contributed by atoms with E-state index >= 15 is 0 Å². The number of hydrogen-bond acceptors (Lipinski definition) is 3. The maximum Gasteiger partial charge on any atom is 0.0912 e. The van der Waals surface area contributed by atoms with E-state index in [-0.39, 0.29) is 0 Å². The third-order valence-electron chi connectivity index (χ3n) is 4.85. The van der Waals surface area contributed by atoms with E-state index in [1.54, 1.807) is 0 Å². The molecule has 2 fully saturated rings. The van der Waals surface area contributed by atoms with Crippen LogP contribution in [-0.4, -0.2) is 59.8 Å². The van der Waals surface area contributed by atoms with Crippen LogP contribution in [0.25, 0.3) is 6.08 Å². The van der Waals surface area contributed by atoms with E-state index in [4.69, 9.17) is 0 Å². The number of benzene rings is 1. The van der Waals surface area contributed by atoms with E-state index in [0.717, 1.165) is 45.7 Å². The molecule has 0 spiro atoms. The van der Waals surface area contributed by atoms with Crippen molar-refractivity contribution >= 4 is 6.08 Å². The van der Waals surface area contributed by atoms with Crippen molar-refractivity contribution in [3.63, 3.8) is 0 Å². The Balaban J connectivity index is 1.46. The molecule has 2 aliphatic heterocycles. The summed E-state index contributed by atoms with van der Waals surface area (Å²) < 4.78 is 0. The molecule has 1 atom stereocenters. The Morgan fingerprint density at radius 3 is 2.55 bits per heavy atom. The van der Waals surface area contributed by atoms with Crippen molar-refractivity contribution in [1.29, 1.82) is 0 Å². The molecule has 1 N–H and O–H groups in total. The van der Waals surface area contributed by atoms with Gasteiger partial charge in [-0.2, -0.15) is 0 Å². The average Bonchev–Trinajstić information content (AvgIpc) is 2.90. The monoisotopic (exact) mass is 300 g/mol. The second-order valence-electron chi connectivity index (χ2n) is 6.86. The third kappa shape index (κ3) is 4.42. The fourth-order valence-electron chi connectivity index (χ4n) is 3.66. The minimum Gasteiger partial charge on any atom is -0.387 e. The van der Waals surface area contributed by atoms with Gasteiger partial charge in [0.15, 0.2) is 0 Å². The molecule has 0 aliphatic carbocycles. The van der Waals surface area contributed by atoms with Crippen LogP contribution in [0.15, 0.2) is 36.4 Å². The van der Waals surface area contributed by atoms with Gasteiger partial charge in [-0.05, 0) is 37.9 Å². The van der Waals surface area contributed by atoms with E-state index in [1.807, 2.05) is 6.07 Å².